The lowest BCUT2D eigenvalue weighted by Gasteiger charge is -2.05. The number of aromatic carboxylic acids is 1. The van der Waals surface area contributed by atoms with E-state index in [0.717, 1.165) is 12.1 Å². The first-order valence-corrected chi connectivity index (χ1v) is 3.36. The summed E-state index contributed by atoms with van der Waals surface area (Å²) in [5, 5.41) is 17.7. The van der Waals surface area contributed by atoms with Crippen molar-refractivity contribution >= 4 is 5.97 Å². The van der Waals surface area contributed by atoms with Gasteiger partial charge in [-0.15, -0.1) is 0 Å². The fourth-order valence-electron chi connectivity index (χ4n) is 0.916. The van der Waals surface area contributed by atoms with Gasteiger partial charge in [0.15, 0.2) is 11.5 Å². The fraction of sp³-hybridized carbons (Fsp3) is 0.125. The van der Waals surface area contributed by atoms with E-state index in [1.807, 2.05) is 0 Å². The van der Waals surface area contributed by atoms with Gasteiger partial charge in [0.25, 0.3) is 0 Å². The summed E-state index contributed by atoms with van der Waals surface area (Å²) < 4.78 is 17.4. The molecule has 0 aliphatic rings. The molecule has 2 N–H and O–H groups in total. The van der Waals surface area contributed by atoms with Gasteiger partial charge >= 0.3 is 5.97 Å². The van der Waals surface area contributed by atoms with Crippen molar-refractivity contribution in [3.8, 4) is 11.5 Å². The standard InChI is InChI=1S/C8H7FO4/c1-13-5-3-2-4(9)6(7(5)10)8(11)12/h2-3,10H,1H3,(H,11,12). The molecule has 0 saturated carbocycles. The molecule has 4 nitrogen and oxygen atoms in total. The van der Waals surface area contributed by atoms with E-state index in [9.17, 15) is 14.3 Å². The van der Waals surface area contributed by atoms with Crippen molar-refractivity contribution in [1.82, 2.24) is 0 Å². The monoisotopic (exact) mass is 186 g/mol. The summed E-state index contributed by atoms with van der Waals surface area (Å²) in [6, 6.07) is 2.07. The molecule has 1 rings (SSSR count). The maximum absolute atomic E-state index is 12.8. The number of benzene rings is 1. The van der Waals surface area contributed by atoms with E-state index in [0.29, 0.717) is 0 Å². The van der Waals surface area contributed by atoms with Crippen molar-refractivity contribution in [3.63, 3.8) is 0 Å². The van der Waals surface area contributed by atoms with Crippen LogP contribution in [-0.4, -0.2) is 23.3 Å². The third-order valence-electron chi connectivity index (χ3n) is 1.52. The minimum absolute atomic E-state index is 0.0706. The molecule has 1 aromatic carbocycles. The van der Waals surface area contributed by atoms with Gasteiger partial charge in [0.2, 0.25) is 0 Å². The van der Waals surface area contributed by atoms with Crippen LogP contribution in [0, 0.1) is 5.82 Å². The van der Waals surface area contributed by atoms with Crippen LogP contribution < -0.4 is 4.74 Å². The SMILES string of the molecule is COc1ccc(F)c(C(=O)O)c1O. The highest BCUT2D eigenvalue weighted by Gasteiger charge is 2.19. The molecule has 1 aromatic rings. The van der Waals surface area contributed by atoms with E-state index >= 15 is 0 Å². The van der Waals surface area contributed by atoms with Gasteiger partial charge in [0.1, 0.15) is 11.4 Å². The van der Waals surface area contributed by atoms with Gasteiger partial charge in [0.05, 0.1) is 7.11 Å². The third-order valence-corrected chi connectivity index (χ3v) is 1.52. The molecular formula is C8H7FO4. The van der Waals surface area contributed by atoms with Crippen molar-refractivity contribution in [1.29, 1.82) is 0 Å². The molecule has 0 spiro atoms. The van der Waals surface area contributed by atoms with Gasteiger partial charge in [0, 0.05) is 0 Å². The van der Waals surface area contributed by atoms with Crippen molar-refractivity contribution < 1.29 is 24.1 Å². The average molecular weight is 186 g/mol. The van der Waals surface area contributed by atoms with Crippen molar-refractivity contribution in [3.05, 3.63) is 23.5 Å². The predicted molar refractivity (Wildman–Crippen MR) is 41.6 cm³/mol. The zero-order valence-corrected chi connectivity index (χ0v) is 6.74. The summed E-state index contributed by atoms with van der Waals surface area (Å²) in [5.41, 5.74) is -0.778. The number of carboxylic acid groups (broad SMARTS) is 1. The highest BCUT2D eigenvalue weighted by atomic mass is 19.1. The Bertz CT molecular complexity index is 348. The molecule has 0 aliphatic carbocycles. The minimum Gasteiger partial charge on any atom is -0.504 e. The normalized spacial score (nSPS) is 9.69. The fourth-order valence-corrected chi connectivity index (χ4v) is 0.916. The van der Waals surface area contributed by atoms with Crippen LogP contribution in [-0.2, 0) is 0 Å². The predicted octanol–water partition coefficient (Wildman–Crippen LogP) is 1.24. The summed E-state index contributed by atoms with van der Waals surface area (Å²) in [4.78, 5) is 10.5. The zero-order chi connectivity index (χ0) is 10.0. The summed E-state index contributed by atoms with van der Waals surface area (Å²) in [6.45, 7) is 0. The Balaban J connectivity index is 3.38. The Kier molecular flexibility index (Phi) is 2.36. The zero-order valence-electron chi connectivity index (χ0n) is 6.74. The van der Waals surface area contributed by atoms with E-state index in [4.69, 9.17) is 5.11 Å². The van der Waals surface area contributed by atoms with Gasteiger partial charge < -0.3 is 14.9 Å². The topological polar surface area (TPSA) is 66.8 Å². The molecule has 0 aromatic heterocycles. The van der Waals surface area contributed by atoms with Gasteiger partial charge in [-0.25, -0.2) is 9.18 Å². The summed E-state index contributed by atoms with van der Waals surface area (Å²) in [6.07, 6.45) is 0. The van der Waals surface area contributed by atoms with E-state index < -0.39 is 23.1 Å². The Morgan fingerprint density at radius 2 is 2.15 bits per heavy atom. The number of rotatable bonds is 2. The number of phenols is 1. The Labute approximate surface area is 73.2 Å². The van der Waals surface area contributed by atoms with E-state index in [2.05, 4.69) is 4.74 Å². The highest BCUT2D eigenvalue weighted by Crippen LogP contribution is 2.31. The maximum atomic E-state index is 12.8. The second-order valence-corrected chi connectivity index (χ2v) is 2.28. The van der Waals surface area contributed by atoms with Crippen LogP contribution in [0.25, 0.3) is 0 Å². The molecule has 0 aliphatic heterocycles. The van der Waals surface area contributed by atoms with Crippen molar-refractivity contribution in [2.45, 2.75) is 0 Å². The lowest BCUT2D eigenvalue weighted by molar-refractivity contribution is 0.0687. The summed E-state index contributed by atoms with van der Waals surface area (Å²) in [7, 11) is 1.25. The van der Waals surface area contributed by atoms with Crippen LogP contribution >= 0.6 is 0 Å². The number of methoxy groups -OCH3 is 1. The van der Waals surface area contributed by atoms with Crippen molar-refractivity contribution in [2.24, 2.45) is 0 Å². The largest absolute Gasteiger partial charge is 0.504 e. The first-order chi connectivity index (χ1) is 6.07. The Morgan fingerprint density at radius 3 is 2.62 bits per heavy atom. The van der Waals surface area contributed by atoms with Crippen LogP contribution in [0.3, 0.4) is 0 Å². The highest BCUT2D eigenvalue weighted by molar-refractivity contribution is 5.92. The molecule has 5 heteroatoms. The van der Waals surface area contributed by atoms with E-state index in [-0.39, 0.29) is 5.75 Å². The number of carbonyl (C=O) groups is 1. The molecule has 0 unspecified atom stereocenters. The van der Waals surface area contributed by atoms with Crippen LogP contribution in [0.4, 0.5) is 4.39 Å². The van der Waals surface area contributed by atoms with Crippen LogP contribution in [0.15, 0.2) is 12.1 Å². The van der Waals surface area contributed by atoms with E-state index in [1.165, 1.54) is 7.11 Å². The number of ether oxygens (including phenoxy) is 1. The molecule has 0 atom stereocenters. The molecular weight excluding hydrogens is 179 g/mol. The number of halogens is 1. The van der Waals surface area contributed by atoms with Gasteiger partial charge in [-0.3, -0.25) is 0 Å². The number of hydrogen-bond donors (Lipinski definition) is 2. The maximum Gasteiger partial charge on any atom is 0.342 e. The minimum atomic E-state index is -1.53. The lowest BCUT2D eigenvalue weighted by atomic mass is 10.2. The Morgan fingerprint density at radius 1 is 1.54 bits per heavy atom. The quantitative estimate of drug-likeness (QED) is 0.729. The average Bonchev–Trinajstić information content (AvgIpc) is 2.04. The molecule has 0 fully saturated rings. The first kappa shape index (κ1) is 9.31. The Hall–Kier alpha value is -1.78. The van der Waals surface area contributed by atoms with Crippen molar-refractivity contribution in [2.75, 3.05) is 7.11 Å². The molecule has 0 amide bonds. The van der Waals surface area contributed by atoms with E-state index in [1.54, 1.807) is 0 Å². The van der Waals surface area contributed by atoms with Crippen LogP contribution in [0.5, 0.6) is 11.5 Å². The molecule has 0 heterocycles. The molecule has 0 saturated heterocycles. The first-order valence-electron chi connectivity index (χ1n) is 3.36. The number of carboxylic acids is 1. The third kappa shape index (κ3) is 1.53. The number of hydrogen-bond acceptors (Lipinski definition) is 3. The molecule has 13 heavy (non-hydrogen) atoms. The van der Waals surface area contributed by atoms with Crippen LogP contribution in [0.1, 0.15) is 10.4 Å². The smallest absolute Gasteiger partial charge is 0.342 e. The lowest BCUT2D eigenvalue weighted by Crippen LogP contribution is -2.02. The molecule has 70 valence electrons. The molecule has 0 bridgehead atoms. The summed E-state index contributed by atoms with van der Waals surface area (Å²) >= 11 is 0. The van der Waals surface area contributed by atoms with Gasteiger partial charge in [-0.1, -0.05) is 0 Å². The second kappa shape index (κ2) is 3.30. The van der Waals surface area contributed by atoms with Gasteiger partial charge in [-0.05, 0) is 12.1 Å². The number of aromatic hydroxyl groups is 1. The van der Waals surface area contributed by atoms with Gasteiger partial charge in [-0.2, -0.15) is 0 Å². The van der Waals surface area contributed by atoms with Crippen LogP contribution in [0.2, 0.25) is 0 Å². The molecule has 0 radical (unpaired) electrons. The second-order valence-electron chi connectivity index (χ2n) is 2.28. The summed E-state index contributed by atoms with van der Waals surface area (Å²) in [5.74, 6) is -3.30.